The molecular formula is C59H48N4O2. The summed E-state index contributed by atoms with van der Waals surface area (Å²) in [5, 5.41) is 2.44. The molecule has 6 nitrogen and oxygen atoms in total. The molecule has 0 radical (unpaired) electrons. The Morgan fingerprint density at radius 3 is 2.38 bits per heavy atom. The van der Waals surface area contributed by atoms with Crippen molar-refractivity contribution in [2.75, 3.05) is 7.05 Å². The zero-order chi connectivity index (χ0) is 43.6. The first-order valence-corrected chi connectivity index (χ1v) is 22.8. The number of benzene rings is 6. The van der Waals surface area contributed by atoms with Gasteiger partial charge in [0.25, 0.3) is 0 Å². The van der Waals surface area contributed by atoms with Crippen molar-refractivity contribution in [3.05, 3.63) is 215 Å². The summed E-state index contributed by atoms with van der Waals surface area (Å²) in [5.74, 6) is 3.41. The Kier molecular flexibility index (Phi) is 9.48. The maximum atomic E-state index is 7.01. The lowest BCUT2D eigenvalue weighted by Gasteiger charge is -2.35. The lowest BCUT2D eigenvalue weighted by molar-refractivity contribution is 0.268. The molecule has 0 saturated carbocycles. The highest BCUT2D eigenvalue weighted by atomic mass is 16.5. The highest BCUT2D eigenvalue weighted by Crippen LogP contribution is 2.50. The molecule has 12 rings (SSSR count). The van der Waals surface area contributed by atoms with E-state index in [2.05, 4.69) is 206 Å². The Bertz CT molecular complexity index is 3360. The summed E-state index contributed by atoms with van der Waals surface area (Å²) in [6.45, 7) is 4.29. The van der Waals surface area contributed by atoms with Crippen LogP contribution in [0.25, 0.3) is 62.0 Å². The predicted molar refractivity (Wildman–Crippen MR) is 267 cm³/mol. The highest BCUT2D eigenvalue weighted by Gasteiger charge is 2.38. The molecule has 2 aliphatic heterocycles. The van der Waals surface area contributed by atoms with E-state index < -0.39 is 0 Å². The molecule has 0 bridgehead atoms. The van der Waals surface area contributed by atoms with Crippen molar-refractivity contribution in [3.8, 4) is 33.7 Å². The zero-order valence-corrected chi connectivity index (χ0v) is 36.7. The molecule has 2 aliphatic carbocycles. The van der Waals surface area contributed by atoms with Crippen LogP contribution in [0.1, 0.15) is 53.0 Å². The van der Waals surface area contributed by atoms with Crippen LogP contribution < -0.4 is 4.74 Å². The van der Waals surface area contributed by atoms with Crippen LogP contribution in [0.3, 0.4) is 0 Å². The highest BCUT2D eigenvalue weighted by molar-refractivity contribution is 6.09. The van der Waals surface area contributed by atoms with Gasteiger partial charge < -0.3 is 18.6 Å². The summed E-state index contributed by atoms with van der Waals surface area (Å²) >= 11 is 0. The summed E-state index contributed by atoms with van der Waals surface area (Å²) in [4.78, 5) is 13.0. The lowest BCUT2D eigenvalue weighted by Crippen LogP contribution is -2.42. The number of amidine groups is 2. The van der Waals surface area contributed by atoms with Gasteiger partial charge in [-0.1, -0.05) is 146 Å². The van der Waals surface area contributed by atoms with Crippen molar-refractivity contribution >= 4 is 45.7 Å². The SMILES string of the molecule is Cc1c(/C=C\C(C)C2=NC(C3=CC4c5cccc(-c6cccc7c6c6c(n7-c7ccccc7)C=CCC6)c5OC4C=C3)N(C)C(c3cccc(-c4ccccc4)c3)=N2)oc2ccccc12. The number of para-hydroxylation sites is 3. The second-order valence-corrected chi connectivity index (χ2v) is 17.6. The molecule has 316 valence electrons. The molecule has 0 saturated heterocycles. The van der Waals surface area contributed by atoms with E-state index in [1.807, 2.05) is 12.1 Å². The van der Waals surface area contributed by atoms with E-state index in [0.717, 1.165) is 74.8 Å². The molecule has 0 amide bonds. The molecule has 2 aromatic heterocycles. The fourth-order valence-electron chi connectivity index (χ4n) is 10.4. The zero-order valence-electron chi connectivity index (χ0n) is 36.7. The monoisotopic (exact) mass is 844 g/mol. The second-order valence-electron chi connectivity index (χ2n) is 17.6. The summed E-state index contributed by atoms with van der Waals surface area (Å²) in [6, 6.07) is 51.6. The number of ether oxygens (including phenoxy) is 1. The van der Waals surface area contributed by atoms with Crippen LogP contribution in [0.4, 0.5) is 0 Å². The van der Waals surface area contributed by atoms with Gasteiger partial charge in [0.2, 0.25) is 0 Å². The minimum absolute atomic E-state index is 0.0269. The van der Waals surface area contributed by atoms with E-state index >= 15 is 0 Å². The van der Waals surface area contributed by atoms with Gasteiger partial charge in [-0.05, 0) is 96.2 Å². The molecule has 4 unspecified atom stereocenters. The van der Waals surface area contributed by atoms with Crippen molar-refractivity contribution in [3.63, 3.8) is 0 Å². The van der Waals surface area contributed by atoms with Gasteiger partial charge in [0.05, 0.1) is 5.52 Å². The summed E-state index contributed by atoms with van der Waals surface area (Å²) < 4.78 is 15.7. The minimum atomic E-state index is -0.308. The second kappa shape index (κ2) is 15.8. The number of furan rings is 1. The van der Waals surface area contributed by atoms with Crippen LogP contribution in [0.5, 0.6) is 5.75 Å². The quantitative estimate of drug-likeness (QED) is 0.153. The number of aliphatic imine (C=N–C) groups is 2. The number of hydrogen-bond donors (Lipinski definition) is 0. The lowest BCUT2D eigenvalue weighted by atomic mass is 9.86. The Balaban J connectivity index is 0.930. The third kappa shape index (κ3) is 6.62. The van der Waals surface area contributed by atoms with Gasteiger partial charge in [0.15, 0.2) is 0 Å². The molecule has 4 atom stereocenters. The van der Waals surface area contributed by atoms with Crippen molar-refractivity contribution in [1.29, 1.82) is 0 Å². The maximum Gasteiger partial charge on any atom is 0.149 e. The Morgan fingerprint density at radius 2 is 1.52 bits per heavy atom. The topological polar surface area (TPSA) is 55.3 Å². The largest absolute Gasteiger partial charge is 0.484 e. The first-order chi connectivity index (χ1) is 32.0. The smallest absolute Gasteiger partial charge is 0.149 e. The van der Waals surface area contributed by atoms with E-state index in [0.29, 0.717) is 0 Å². The summed E-state index contributed by atoms with van der Waals surface area (Å²) in [7, 11) is 2.12. The van der Waals surface area contributed by atoms with Gasteiger partial charge in [0.1, 0.15) is 41.0 Å². The summed E-state index contributed by atoms with van der Waals surface area (Å²) in [6.07, 6.45) is 17.3. The number of aromatic nitrogens is 1. The number of hydrogen-bond acceptors (Lipinski definition) is 5. The fraction of sp³-hybridized carbons (Fsp3) is 0.153. The Hall–Kier alpha value is -7.70. The number of aryl methyl sites for hydroxylation is 2. The number of allylic oxidation sites excluding steroid dienone is 1. The van der Waals surface area contributed by atoms with Gasteiger partial charge in [-0.2, -0.15) is 0 Å². The standard InChI is InChI=1S/C59H48N4O2/c1-37(31-33-52-38(2)44-23-11-13-30-53(44)64-52)57-60-58(41-20-14-19-40(35-41)39-17-6-4-7-18-39)62(3)59(61-57)42-32-34-54-49(36-42)47-27-15-26-46(56(47)65-54)45-25-16-29-51-55(45)48-24-10-12-28-50(48)63(51)43-21-8-5-9-22-43/h4-9,11-23,25-37,49,54,59H,10,24H2,1-3H3/b33-31-. The first kappa shape index (κ1) is 38.9. The third-order valence-electron chi connectivity index (χ3n) is 13.7. The van der Waals surface area contributed by atoms with Crippen LogP contribution in [0, 0.1) is 12.8 Å². The molecule has 8 aromatic rings. The molecule has 0 N–H and O–H groups in total. The van der Waals surface area contributed by atoms with Gasteiger partial charge in [0, 0.05) is 63.3 Å². The normalized spacial score (nSPS) is 19.2. The van der Waals surface area contributed by atoms with Crippen LogP contribution in [-0.4, -0.2) is 40.5 Å². The van der Waals surface area contributed by atoms with E-state index in [4.69, 9.17) is 19.1 Å². The molecule has 4 heterocycles. The van der Waals surface area contributed by atoms with Gasteiger partial charge in [-0.25, -0.2) is 9.98 Å². The number of fused-ring (bicyclic) bond motifs is 7. The van der Waals surface area contributed by atoms with Gasteiger partial charge in [-0.3, -0.25) is 0 Å². The maximum absolute atomic E-state index is 7.01. The minimum Gasteiger partial charge on any atom is -0.484 e. The third-order valence-corrected chi connectivity index (χ3v) is 13.7. The molecule has 65 heavy (non-hydrogen) atoms. The average molecular weight is 845 g/mol. The van der Waals surface area contributed by atoms with Gasteiger partial charge in [-0.15, -0.1) is 0 Å². The molecule has 4 aliphatic rings. The van der Waals surface area contributed by atoms with Gasteiger partial charge >= 0.3 is 0 Å². The van der Waals surface area contributed by atoms with Crippen LogP contribution >= 0.6 is 0 Å². The molecular weight excluding hydrogens is 797 g/mol. The van der Waals surface area contributed by atoms with Crippen molar-refractivity contribution in [2.24, 2.45) is 15.9 Å². The van der Waals surface area contributed by atoms with E-state index in [1.165, 1.54) is 44.5 Å². The number of rotatable bonds is 8. The molecule has 6 heteroatoms. The van der Waals surface area contributed by atoms with Crippen molar-refractivity contribution < 1.29 is 9.15 Å². The van der Waals surface area contributed by atoms with Crippen LogP contribution in [-0.2, 0) is 6.42 Å². The van der Waals surface area contributed by atoms with E-state index in [9.17, 15) is 0 Å². The van der Waals surface area contributed by atoms with E-state index in [1.54, 1.807) is 0 Å². The Morgan fingerprint density at radius 1 is 0.769 bits per heavy atom. The van der Waals surface area contributed by atoms with Crippen LogP contribution in [0.2, 0.25) is 0 Å². The average Bonchev–Trinajstić information content (AvgIpc) is 4.02. The van der Waals surface area contributed by atoms with Crippen LogP contribution in [0.15, 0.2) is 196 Å². The Labute approximate surface area is 379 Å². The van der Waals surface area contributed by atoms with Crippen molar-refractivity contribution in [2.45, 2.75) is 44.9 Å². The summed E-state index contributed by atoms with van der Waals surface area (Å²) in [5.41, 5.74) is 15.1. The molecule has 0 fully saturated rings. The van der Waals surface area contributed by atoms with E-state index in [-0.39, 0.29) is 24.1 Å². The fourth-order valence-corrected chi connectivity index (χ4v) is 10.4. The molecule has 0 spiro atoms. The number of likely N-dealkylation sites (N-methyl/N-ethyl adjacent to an activating group) is 1. The molecule has 6 aromatic carbocycles. The van der Waals surface area contributed by atoms with Crippen molar-refractivity contribution in [1.82, 2.24) is 9.47 Å². The number of nitrogens with zero attached hydrogens (tertiary/aromatic N) is 4. The predicted octanol–water partition coefficient (Wildman–Crippen LogP) is 13.8. The first-order valence-electron chi connectivity index (χ1n) is 22.8.